The van der Waals surface area contributed by atoms with Crippen LogP contribution in [0.3, 0.4) is 0 Å². The molecule has 17 heavy (non-hydrogen) atoms. The van der Waals surface area contributed by atoms with Crippen LogP contribution in [0.15, 0.2) is 30.3 Å². The average molecular weight is 239 g/mol. The molecule has 3 N–H and O–H groups in total. The molecule has 6 heteroatoms. The van der Waals surface area contributed by atoms with Crippen LogP contribution in [-0.2, 0) is 21.0 Å². The zero-order valence-electron chi connectivity index (χ0n) is 9.00. The Hall–Kier alpha value is -1.92. The van der Waals surface area contributed by atoms with Gasteiger partial charge in [-0.1, -0.05) is 30.3 Å². The lowest BCUT2D eigenvalue weighted by molar-refractivity contribution is -0.151. The quantitative estimate of drug-likeness (QED) is 0.610. The van der Waals surface area contributed by atoms with Gasteiger partial charge in [-0.05, 0) is 5.56 Å². The van der Waals surface area contributed by atoms with Crippen molar-refractivity contribution in [1.82, 2.24) is 5.48 Å². The molecule has 0 spiro atoms. The molecule has 1 rings (SSSR count). The van der Waals surface area contributed by atoms with Crippen molar-refractivity contribution in [2.45, 2.75) is 19.1 Å². The molecule has 1 atom stereocenters. The predicted octanol–water partition coefficient (Wildman–Crippen LogP) is 0.0700. The second kappa shape index (κ2) is 6.62. The summed E-state index contributed by atoms with van der Waals surface area (Å²) in [7, 11) is 0. The summed E-state index contributed by atoms with van der Waals surface area (Å²) in [6.45, 7) is 0.176. The second-order valence-electron chi connectivity index (χ2n) is 3.36. The molecule has 0 fully saturated rings. The number of rotatable bonds is 6. The highest BCUT2D eigenvalue weighted by Crippen LogP contribution is 1.99. The third kappa shape index (κ3) is 5.10. The number of hydroxylamine groups is 1. The fourth-order valence-corrected chi connectivity index (χ4v) is 1.08. The monoisotopic (exact) mass is 239 g/mol. The first kappa shape index (κ1) is 13.1. The number of aliphatic carboxylic acids is 1. The minimum absolute atomic E-state index is 0.176. The summed E-state index contributed by atoms with van der Waals surface area (Å²) in [5.74, 6) is -2.13. The summed E-state index contributed by atoms with van der Waals surface area (Å²) in [5.41, 5.74) is 2.92. The van der Waals surface area contributed by atoms with E-state index in [9.17, 15) is 9.59 Å². The van der Waals surface area contributed by atoms with Gasteiger partial charge in [0, 0.05) is 0 Å². The molecule has 0 radical (unpaired) electrons. The number of aliphatic hydroxyl groups is 1. The van der Waals surface area contributed by atoms with Gasteiger partial charge in [-0.3, -0.25) is 9.63 Å². The van der Waals surface area contributed by atoms with E-state index in [1.165, 1.54) is 0 Å². The molecule has 0 saturated carbocycles. The number of aliphatic hydroxyl groups excluding tert-OH is 1. The number of hydrogen-bond acceptors (Lipinski definition) is 4. The van der Waals surface area contributed by atoms with E-state index >= 15 is 0 Å². The average Bonchev–Trinajstić information content (AvgIpc) is 2.30. The molecule has 1 unspecified atom stereocenters. The Morgan fingerprint density at radius 2 is 1.94 bits per heavy atom. The number of nitrogens with one attached hydrogen (secondary N) is 1. The number of hydrogen-bond donors (Lipinski definition) is 3. The largest absolute Gasteiger partial charge is 0.479 e. The topological polar surface area (TPSA) is 95.9 Å². The normalized spacial score (nSPS) is 11.8. The third-order valence-electron chi connectivity index (χ3n) is 1.93. The second-order valence-corrected chi connectivity index (χ2v) is 3.36. The van der Waals surface area contributed by atoms with Crippen LogP contribution < -0.4 is 5.48 Å². The highest BCUT2D eigenvalue weighted by atomic mass is 16.6. The van der Waals surface area contributed by atoms with Crippen LogP contribution in [0.2, 0.25) is 0 Å². The van der Waals surface area contributed by atoms with Gasteiger partial charge in [0.15, 0.2) is 6.10 Å². The van der Waals surface area contributed by atoms with Gasteiger partial charge in [-0.2, -0.15) is 0 Å². The van der Waals surface area contributed by atoms with Crippen molar-refractivity contribution in [2.24, 2.45) is 0 Å². The Labute approximate surface area is 97.8 Å². The molecular formula is C11H13NO5. The number of amides is 1. The van der Waals surface area contributed by atoms with E-state index < -0.39 is 24.4 Å². The van der Waals surface area contributed by atoms with E-state index in [0.717, 1.165) is 5.56 Å². The van der Waals surface area contributed by atoms with E-state index in [4.69, 9.17) is 15.1 Å². The molecule has 6 nitrogen and oxygen atoms in total. The SMILES string of the molecule is O=C(CC(O)C(=O)O)NOCc1ccccc1. The standard InChI is InChI=1S/C11H13NO5/c13-9(11(15)16)6-10(14)12-17-7-8-4-2-1-3-5-8/h1-5,9,13H,6-7H2,(H,12,14)(H,15,16). The van der Waals surface area contributed by atoms with Crippen molar-refractivity contribution in [3.63, 3.8) is 0 Å². The van der Waals surface area contributed by atoms with Gasteiger partial charge in [-0.15, -0.1) is 0 Å². The maximum Gasteiger partial charge on any atom is 0.333 e. The molecule has 0 saturated heterocycles. The van der Waals surface area contributed by atoms with Crippen LogP contribution in [0.5, 0.6) is 0 Å². The smallest absolute Gasteiger partial charge is 0.333 e. The number of carboxylic acid groups (broad SMARTS) is 1. The first-order valence-corrected chi connectivity index (χ1v) is 4.95. The molecule has 0 bridgehead atoms. The van der Waals surface area contributed by atoms with Gasteiger partial charge in [0.2, 0.25) is 5.91 Å². The van der Waals surface area contributed by atoms with Gasteiger partial charge in [0.05, 0.1) is 13.0 Å². The Kier molecular flexibility index (Phi) is 5.12. The fourth-order valence-electron chi connectivity index (χ4n) is 1.08. The lowest BCUT2D eigenvalue weighted by Crippen LogP contribution is -2.31. The van der Waals surface area contributed by atoms with Gasteiger partial charge >= 0.3 is 5.97 Å². The fraction of sp³-hybridized carbons (Fsp3) is 0.273. The molecule has 0 aliphatic rings. The van der Waals surface area contributed by atoms with Crippen molar-refractivity contribution in [2.75, 3.05) is 0 Å². The van der Waals surface area contributed by atoms with Crippen molar-refractivity contribution < 1.29 is 24.6 Å². The Morgan fingerprint density at radius 3 is 2.53 bits per heavy atom. The van der Waals surface area contributed by atoms with Gasteiger partial charge in [-0.25, -0.2) is 10.3 Å². The van der Waals surface area contributed by atoms with Crippen LogP contribution >= 0.6 is 0 Å². The highest BCUT2D eigenvalue weighted by Gasteiger charge is 2.17. The van der Waals surface area contributed by atoms with Crippen molar-refractivity contribution in [1.29, 1.82) is 0 Å². The number of benzene rings is 1. The van der Waals surface area contributed by atoms with E-state index in [1.54, 1.807) is 0 Å². The molecule has 92 valence electrons. The Bertz CT molecular complexity index is 379. The first-order chi connectivity index (χ1) is 8.09. The van der Waals surface area contributed by atoms with Crippen LogP contribution in [0.1, 0.15) is 12.0 Å². The zero-order valence-corrected chi connectivity index (χ0v) is 9.00. The summed E-state index contributed by atoms with van der Waals surface area (Å²) in [6, 6.07) is 9.14. The predicted molar refractivity (Wildman–Crippen MR) is 57.6 cm³/mol. The summed E-state index contributed by atoms with van der Waals surface area (Å²) in [5, 5.41) is 17.3. The molecule has 0 heterocycles. The molecule has 0 aliphatic heterocycles. The third-order valence-corrected chi connectivity index (χ3v) is 1.93. The van der Waals surface area contributed by atoms with Crippen molar-refractivity contribution in [3.8, 4) is 0 Å². The summed E-state index contributed by atoms with van der Waals surface area (Å²) < 4.78 is 0. The minimum atomic E-state index is -1.71. The van der Waals surface area contributed by atoms with Crippen LogP contribution in [0, 0.1) is 0 Å². The van der Waals surface area contributed by atoms with Crippen LogP contribution in [-0.4, -0.2) is 28.2 Å². The number of carbonyl (C=O) groups excluding carboxylic acids is 1. The Morgan fingerprint density at radius 1 is 1.29 bits per heavy atom. The van der Waals surface area contributed by atoms with E-state index in [-0.39, 0.29) is 6.61 Å². The molecule has 1 aromatic rings. The summed E-state index contributed by atoms with van der Waals surface area (Å²) >= 11 is 0. The van der Waals surface area contributed by atoms with Crippen LogP contribution in [0.4, 0.5) is 0 Å². The number of carbonyl (C=O) groups is 2. The van der Waals surface area contributed by atoms with Gasteiger partial charge in [0.25, 0.3) is 0 Å². The molecule has 0 aliphatic carbocycles. The van der Waals surface area contributed by atoms with Crippen molar-refractivity contribution in [3.05, 3.63) is 35.9 Å². The lowest BCUT2D eigenvalue weighted by atomic mass is 10.2. The summed E-state index contributed by atoms with van der Waals surface area (Å²) in [6.07, 6.45) is -2.25. The lowest BCUT2D eigenvalue weighted by Gasteiger charge is -2.07. The van der Waals surface area contributed by atoms with E-state index in [1.807, 2.05) is 30.3 Å². The molecule has 1 aromatic carbocycles. The summed E-state index contributed by atoms with van der Waals surface area (Å²) in [4.78, 5) is 26.2. The van der Waals surface area contributed by atoms with E-state index in [2.05, 4.69) is 5.48 Å². The number of carboxylic acids is 1. The van der Waals surface area contributed by atoms with Crippen LogP contribution in [0.25, 0.3) is 0 Å². The maximum absolute atomic E-state index is 11.1. The van der Waals surface area contributed by atoms with Gasteiger partial charge in [0.1, 0.15) is 0 Å². The highest BCUT2D eigenvalue weighted by molar-refractivity contribution is 5.82. The van der Waals surface area contributed by atoms with E-state index in [0.29, 0.717) is 0 Å². The minimum Gasteiger partial charge on any atom is -0.479 e. The maximum atomic E-state index is 11.1. The van der Waals surface area contributed by atoms with Crippen molar-refractivity contribution >= 4 is 11.9 Å². The Balaban J connectivity index is 2.23. The first-order valence-electron chi connectivity index (χ1n) is 4.95. The molecular weight excluding hydrogens is 226 g/mol. The van der Waals surface area contributed by atoms with Gasteiger partial charge < -0.3 is 10.2 Å². The zero-order chi connectivity index (χ0) is 12.7. The molecule has 0 aromatic heterocycles. The molecule has 1 amide bonds.